The first-order valence-electron chi connectivity index (χ1n) is 8.71. The molecule has 6 nitrogen and oxygen atoms in total. The number of ether oxygens (including phenoxy) is 1. The van der Waals surface area contributed by atoms with E-state index in [0.29, 0.717) is 30.5 Å². The second-order valence-corrected chi connectivity index (χ2v) is 8.35. The molecule has 0 amide bonds. The fraction of sp³-hybridized carbons (Fsp3) is 0.611. The monoisotopic (exact) mass is 369 g/mol. The van der Waals surface area contributed by atoms with Gasteiger partial charge in [0.15, 0.2) is 15.8 Å². The van der Waals surface area contributed by atoms with E-state index >= 15 is 0 Å². The molecule has 0 aliphatic carbocycles. The first-order valence-corrected chi connectivity index (χ1v) is 10.6. The average Bonchev–Trinajstić information content (AvgIpc) is 2.55. The minimum Gasteiger partial charge on any atom is -0.380 e. The number of hydrogen-bond acceptors (Lipinski definition) is 4. The van der Waals surface area contributed by atoms with Crippen molar-refractivity contribution in [2.24, 2.45) is 10.9 Å². The zero-order valence-electron chi connectivity index (χ0n) is 15.7. The van der Waals surface area contributed by atoms with E-state index in [1.165, 1.54) is 6.26 Å². The van der Waals surface area contributed by atoms with E-state index in [9.17, 15) is 8.42 Å². The maximum absolute atomic E-state index is 11.5. The summed E-state index contributed by atoms with van der Waals surface area (Å²) in [6.45, 7) is 9.73. The van der Waals surface area contributed by atoms with Gasteiger partial charge < -0.3 is 15.4 Å². The lowest BCUT2D eigenvalue weighted by Crippen LogP contribution is -2.39. The highest BCUT2D eigenvalue weighted by Crippen LogP contribution is 2.10. The van der Waals surface area contributed by atoms with Gasteiger partial charge in [0.25, 0.3) is 0 Å². The molecule has 0 spiro atoms. The van der Waals surface area contributed by atoms with Gasteiger partial charge in [-0.15, -0.1) is 0 Å². The third-order valence-electron chi connectivity index (χ3n) is 3.49. The second kappa shape index (κ2) is 11.1. The molecule has 1 aromatic rings. The van der Waals surface area contributed by atoms with E-state index in [-0.39, 0.29) is 0 Å². The Morgan fingerprint density at radius 2 is 1.84 bits per heavy atom. The molecule has 0 bridgehead atoms. The quantitative estimate of drug-likeness (QED) is 0.375. The van der Waals surface area contributed by atoms with Crippen molar-refractivity contribution in [2.45, 2.75) is 38.6 Å². The first kappa shape index (κ1) is 21.4. The number of aliphatic imine (C=N–C) groups is 1. The first-order chi connectivity index (χ1) is 11.8. The molecule has 0 heterocycles. The molecule has 25 heavy (non-hydrogen) atoms. The Bertz CT molecular complexity index is 625. The van der Waals surface area contributed by atoms with Crippen molar-refractivity contribution in [3.8, 4) is 0 Å². The van der Waals surface area contributed by atoms with Crippen LogP contribution in [0.15, 0.2) is 34.2 Å². The Kier molecular flexibility index (Phi) is 9.52. The average molecular weight is 370 g/mol. The molecular weight excluding hydrogens is 338 g/mol. The van der Waals surface area contributed by atoms with Gasteiger partial charge in [-0.3, -0.25) is 0 Å². The summed E-state index contributed by atoms with van der Waals surface area (Å²) in [7, 11) is -3.16. The smallest absolute Gasteiger partial charge is 0.191 e. The molecule has 1 aromatic carbocycles. The van der Waals surface area contributed by atoms with Gasteiger partial charge in [-0.1, -0.05) is 26.0 Å². The number of hydrogen-bond donors (Lipinski definition) is 2. The Labute approximate surface area is 152 Å². The van der Waals surface area contributed by atoms with Gasteiger partial charge in [0.1, 0.15) is 0 Å². The Balaban J connectivity index is 2.46. The lowest BCUT2D eigenvalue weighted by molar-refractivity contribution is 0.128. The van der Waals surface area contributed by atoms with Crippen LogP contribution in [-0.4, -0.2) is 46.9 Å². The highest BCUT2D eigenvalue weighted by molar-refractivity contribution is 7.90. The van der Waals surface area contributed by atoms with Crippen molar-refractivity contribution < 1.29 is 13.2 Å². The Morgan fingerprint density at radius 1 is 1.16 bits per heavy atom. The molecule has 0 saturated carbocycles. The van der Waals surface area contributed by atoms with Crippen molar-refractivity contribution >= 4 is 15.8 Å². The van der Waals surface area contributed by atoms with Crippen LogP contribution in [0.2, 0.25) is 0 Å². The minimum absolute atomic E-state index is 0.323. The molecular formula is C18H31N3O3S. The second-order valence-electron chi connectivity index (χ2n) is 6.33. The molecule has 142 valence electrons. The lowest BCUT2D eigenvalue weighted by Gasteiger charge is -2.12. The summed E-state index contributed by atoms with van der Waals surface area (Å²) in [6.07, 6.45) is 2.27. The number of benzene rings is 1. The summed E-state index contributed by atoms with van der Waals surface area (Å²) in [5.74, 6) is 1.38. The Hall–Kier alpha value is -1.60. The van der Waals surface area contributed by atoms with Gasteiger partial charge in [-0.05, 0) is 37.0 Å². The van der Waals surface area contributed by atoms with Crippen LogP contribution >= 0.6 is 0 Å². The third-order valence-corrected chi connectivity index (χ3v) is 4.62. The number of sulfone groups is 1. The summed E-state index contributed by atoms with van der Waals surface area (Å²) in [6, 6.07) is 6.81. The number of nitrogens with zero attached hydrogens (tertiary/aromatic N) is 1. The number of guanidine groups is 1. The topological polar surface area (TPSA) is 79.8 Å². The summed E-state index contributed by atoms with van der Waals surface area (Å²) < 4.78 is 28.5. The lowest BCUT2D eigenvalue weighted by atomic mass is 10.1. The van der Waals surface area contributed by atoms with Crippen LogP contribution in [0.3, 0.4) is 0 Å². The zero-order valence-corrected chi connectivity index (χ0v) is 16.5. The fourth-order valence-corrected chi connectivity index (χ4v) is 2.65. The highest BCUT2D eigenvalue weighted by atomic mass is 32.2. The van der Waals surface area contributed by atoms with E-state index in [1.54, 1.807) is 24.3 Å². The van der Waals surface area contributed by atoms with Gasteiger partial charge in [0.2, 0.25) is 0 Å². The van der Waals surface area contributed by atoms with Gasteiger partial charge in [0.05, 0.1) is 18.0 Å². The summed E-state index contributed by atoms with van der Waals surface area (Å²) in [5, 5.41) is 6.42. The maximum Gasteiger partial charge on any atom is 0.191 e. The molecule has 0 atom stereocenters. The summed E-state index contributed by atoms with van der Waals surface area (Å²) in [5.41, 5.74) is 0.956. The van der Waals surface area contributed by atoms with Crippen LogP contribution in [0.1, 0.15) is 32.8 Å². The van der Waals surface area contributed by atoms with Crippen LogP contribution in [0.5, 0.6) is 0 Å². The predicted molar refractivity (Wildman–Crippen MR) is 103 cm³/mol. The van der Waals surface area contributed by atoms with E-state index in [2.05, 4.69) is 29.5 Å². The van der Waals surface area contributed by atoms with Gasteiger partial charge in [-0.25, -0.2) is 13.4 Å². The van der Waals surface area contributed by atoms with Crippen LogP contribution in [0.25, 0.3) is 0 Å². The van der Waals surface area contributed by atoms with Crippen molar-refractivity contribution in [2.75, 3.05) is 32.6 Å². The molecule has 0 aliphatic heterocycles. The van der Waals surface area contributed by atoms with Crippen LogP contribution < -0.4 is 10.6 Å². The van der Waals surface area contributed by atoms with Gasteiger partial charge in [0, 0.05) is 26.0 Å². The normalized spacial score (nSPS) is 12.4. The van der Waals surface area contributed by atoms with Crippen LogP contribution in [0, 0.1) is 5.92 Å². The largest absolute Gasteiger partial charge is 0.380 e. The molecule has 2 N–H and O–H groups in total. The highest BCUT2D eigenvalue weighted by Gasteiger charge is 2.06. The third kappa shape index (κ3) is 9.45. The van der Waals surface area contributed by atoms with Crippen LogP contribution in [0.4, 0.5) is 0 Å². The van der Waals surface area contributed by atoms with Crippen molar-refractivity contribution in [3.05, 3.63) is 29.8 Å². The van der Waals surface area contributed by atoms with Crippen molar-refractivity contribution in [3.63, 3.8) is 0 Å². The number of nitrogens with one attached hydrogen (secondary N) is 2. The molecule has 0 radical (unpaired) electrons. The van der Waals surface area contributed by atoms with Crippen molar-refractivity contribution in [1.82, 2.24) is 10.6 Å². The molecule has 7 heteroatoms. The fourth-order valence-electron chi connectivity index (χ4n) is 2.02. The standard InChI is InChI=1S/C18H31N3O3S/c1-5-19-18(20-11-13-24-12-10-15(2)3)21-14-16-6-8-17(9-7-16)25(4,22)23/h6-9,15H,5,10-14H2,1-4H3,(H2,19,20,21). The summed E-state index contributed by atoms with van der Waals surface area (Å²) in [4.78, 5) is 4.83. The van der Waals surface area contributed by atoms with E-state index < -0.39 is 9.84 Å². The van der Waals surface area contributed by atoms with Gasteiger partial charge >= 0.3 is 0 Å². The minimum atomic E-state index is -3.16. The van der Waals surface area contributed by atoms with E-state index in [1.807, 2.05) is 6.92 Å². The van der Waals surface area contributed by atoms with Gasteiger partial charge in [-0.2, -0.15) is 0 Å². The SMILES string of the molecule is CCNC(=NCc1ccc(S(C)(=O)=O)cc1)NCCOCCC(C)C. The maximum atomic E-state index is 11.5. The predicted octanol–water partition coefficient (Wildman–Crippen LogP) is 2.21. The van der Waals surface area contributed by atoms with E-state index in [0.717, 1.165) is 31.1 Å². The number of rotatable bonds is 10. The molecule has 0 fully saturated rings. The Morgan fingerprint density at radius 3 is 2.40 bits per heavy atom. The van der Waals surface area contributed by atoms with Crippen LogP contribution in [-0.2, 0) is 21.1 Å². The van der Waals surface area contributed by atoms with Crippen molar-refractivity contribution in [1.29, 1.82) is 0 Å². The zero-order chi connectivity index (χ0) is 18.7. The molecule has 0 unspecified atom stereocenters. The molecule has 0 aromatic heterocycles. The molecule has 0 saturated heterocycles. The van der Waals surface area contributed by atoms with E-state index in [4.69, 9.17) is 4.74 Å². The summed E-state index contributed by atoms with van der Waals surface area (Å²) >= 11 is 0. The molecule has 0 aliphatic rings. The molecule has 1 rings (SSSR count).